The summed E-state index contributed by atoms with van der Waals surface area (Å²) in [5, 5.41) is 5.01. The third kappa shape index (κ3) is 3.45. The van der Waals surface area contributed by atoms with Crippen LogP contribution in [-0.2, 0) is 0 Å². The summed E-state index contributed by atoms with van der Waals surface area (Å²) in [4.78, 5) is 13.8. The number of nitrogens with zero attached hydrogens (tertiary/aromatic N) is 2. The topological polar surface area (TPSA) is 70.7 Å². The maximum Gasteiger partial charge on any atom is 0.332 e. The van der Waals surface area contributed by atoms with Gasteiger partial charge in [-0.1, -0.05) is 0 Å². The second-order valence-electron chi connectivity index (χ2n) is 3.96. The lowest BCUT2D eigenvalue weighted by Crippen LogP contribution is -2.28. The number of hydrogen-bond donors (Lipinski definition) is 2. The largest absolute Gasteiger partial charge is 0.363 e. The Morgan fingerprint density at radius 3 is 2.88 bits per heavy atom. The van der Waals surface area contributed by atoms with Gasteiger partial charge in [0.05, 0.1) is 11.2 Å². The number of nitrogens with two attached hydrogens (primary N) is 1. The van der Waals surface area contributed by atoms with E-state index in [1.54, 1.807) is 17.6 Å². The summed E-state index contributed by atoms with van der Waals surface area (Å²) >= 11 is 1.68. The van der Waals surface area contributed by atoms with E-state index in [0.717, 1.165) is 18.0 Å². The number of primary amides is 1. The summed E-state index contributed by atoms with van der Waals surface area (Å²) in [6.45, 7) is 2.27. The van der Waals surface area contributed by atoms with Crippen LogP contribution in [-0.4, -0.2) is 25.3 Å². The van der Waals surface area contributed by atoms with E-state index in [1.165, 1.54) is 24.3 Å². The molecule has 2 amide bonds. The van der Waals surface area contributed by atoms with Gasteiger partial charge in [-0.15, -0.1) is 11.3 Å². The fourth-order valence-corrected chi connectivity index (χ4v) is 2.79. The van der Waals surface area contributed by atoms with E-state index >= 15 is 0 Å². The number of thiophene rings is 1. The summed E-state index contributed by atoms with van der Waals surface area (Å²) in [6.07, 6.45) is 5.48. The highest BCUT2D eigenvalue weighted by Crippen LogP contribution is 2.27. The van der Waals surface area contributed by atoms with E-state index in [0.29, 0.717) is 0 Å². The molecule has 0 aromatic carbocycles. The van der Waals surface area contributed by atoms with E-state index in [9.17, 15) is 4.79 Å². The molecule has 5 nitrogen and oxygen atoms in total. The van der Waals surface area contributed by atoms with E-state index in [2.05, 4.69) is 21.5 Å². The van der Waals surface area contributed by atoms with Crippen molar-refractivity contribution in [1.29, 1.82) is 0 Å². The van der Waals surface area contributed by atoms with E-state index in [4.69, 9.17) is 5.73 Å². The number of urea groups is 1. The Hall–Kier alpha value is -1.56. The van der Waals surface area contributed by atoms with Gasteiger partial charge in [0, 0.05) is 18.0 Å². The number of carbonyl (C=O) groups excluding carboxylic acids is 1. The molecule has 0 saturated carbocycles. The molecule has 1 aliphatic rings. The normalized spacial score (nSPS) is 16.4. The van der Waals surface area contributed by atoms with Crippen LogP contribution >= 0.6 is 11.3 Å². The van der Waals surface area contributed by atoms with E-state index < -0.39 is 6.03 Å². The van der Waals surface area contributed by atoms with Crippen LogP contribution in [0.4, 0.5) is 9.80 Å². The fourth-order valence-electron chi connectivity index (χ4n) is 1.86. The molecular formula is C11H16N4OS. The van der Waals surface area contributed by atoms with Crippen LogP contribution in [0.3, 0.4) is 0 Å². The first kappa shape index (κ1) is 11.9. The van der Waals surface area contributed by atoms with Crippen molar-refractivity contribution in [2.24, 2.45) is 10.8 Å². The molecule has 0 radical (unpaired) electrons. The maximum atomic E-state index is 10.4. The third-order valence-electron chi connectivity index (χ3n) is 2.65. The first-order chi connectivity index (χ1) is 8.25. The van der Waals surface area contributed by atoms with Crippen molar-refractivity contribution < 1.29 is 4.79 Å². The number of hydrogen-bond acceptors (Lipinski definition) is 4. The lowest BCUT2D eigenvalue weighted by atomic mass is 10.1. The average molecular weight is 252 g/mol. The first-order valence-electron chi connectivity index (χ1n) is 5.69. The van der Waals surface area contributed by atoms with E-state index in [1.807, 2.05) is 6.07 Å². The molecule has 0 spiro atoms. The summed E-state index contributed by atoms with van der Waals surface area (Å²) in [6, 6.07) is 3.46. The Balaban J connectivity index is 1.95. The van der Waals surface area contributed by atoms with Crippen molar-refractivity contribution in [1.82, 2.24) is 5.43 Å². The van der Waals surface area contributed by atoms with Crippen LogP contribution in [0.25, 0.3) is 0 Å². The minimum absolute atomic E-state index is 0.644. The van der Waals surface area contributed by atoms with Crippen LogP contribution in [0, 0.1) is 0 Å². The fraction of sp³-hybridized carbons (Fsp3) is 0.455. The van der Waals surface area contributed by atoms with Crippen molar-refractivity contribution in [3.63, 3.8) is 0 Å². The van der Waals surface area contributed by atoms with Crippen molar-refractivity contribution in [2.75, 3.05) is 18.0 Å². The van der Waals surface area contributed by atoms with Crippen molar-refractivity contribution in [2.45, 2.75) is 19.3 Å². The van der Waals surface area contributed by atoms with Gasteiger partial charge in [0.25, 0.3) is 0 Å². The van der Waals surface area contributed by atoms with Crippen molar-refractivity contribution in [3.8, 4) is 0 Å². The first-order valence-corrected chi connectivity index (χ1v) is 6.50. The zero-order chi connectivity index (χ0) is 12.1. The Bertz CT molecular complexity index is 409. The van der Waals surface area contributed by atoms with Crippen LogP contribution in [0.2, 0.25) is 0 Å². The van der Waals surface area contributed by atoms with Crippen molar-refractivity contribution >= 4 is 28.6 Å². The standard InChI is InChI=1S/C11H16N4OS/c12-11(16)14-13-8-9-4-5-10(17-9)15-6-2-1-3-7-15/h4-5,8H,1-3,6-7H2,(H3,12,14,16)/b13-8-. The van der Waals surface area contributed by atoms with Gasteiger partial charge in [-0.3, -0.25) is 0 Å². The predicted molar refractivity (Wildman–Crippen MR) is 70.7 cm³/mol. The van der Waals surface area contributed by atoms with Gasteiger partial charge < -0.3 is 10.6 Å². The molecule has 3 N–H and O–H groups in total. The number of carbonyl (C=O) groups is 1. The van der Waals surface area contributed by atoms with Gasteiger partial charge in [0.1, 0.15) is 0 Å². The number of nitrogens with one attached hydrogen (secondary N) is 1. The minimum atomic E-state index is -0.644. The molecule has 6 heteroatoms. The molecule has 1 fully saturated rings. The second kappa shape index (κ2) is 5.67. The van der Waals surface area contributed by atoms with Gasteiger partial charge in [-0.05, 0) is 31.4 Å². The highest BCUT2D eigenvalue weighted by atomic mass is 32.1. The van der Waals surface area contributed by atoms with Gasteiger partial charge in [0.2, 0.25) is 0 Å². The number of piperidine rings is 1. The highest BCUT2D eigenvalue weighted by Gasteiger charge is 2.12. The summed E-state index contributed by atoms with van der Waals surface area (Å²) in [5.41, 5.74) is 7.09. The molecule has 1 saturated heterocycles. The monoisotopic (exact) mass is 252 g/mol. The summed E-state index contributed by atoms with van der Waals surface area (Å²) in [5.74, 6) is 0. The maximum absolute atomic E-state index is 10.4. The molecule has 17 heavy (non-hydrogen) atoms. The molecule has 1 aliphatic heterocycles. The predicted octanol–water partition coefficient (Wildman–Crippen LogP) is 1.74. The zero-order valence-electron chi connectivity index (χ0n) is 9.56. The van der Waals surface area contributed by atoms with E-state index in [-0.39, 0.29) is 0 Å². The van der Waals surface area contributed by atoms with Crippen LogP contribution in [0.15, 0.2) is 17.2 Å². The number of hydrazone groups is 1. The van der Waals surface area contributed by atoms with Crippen LogP contribution in [0.1, 0.15) is 24.1 Å². The molecule has 0 unspecified atom stereocenters. The van der Waals surface area contributed by atoms with Crippen molar-refractivity contribution in [3.05, 3.63) is 17.0 Å². The molecule has 0 atom stereocenters. The summed E-state index contributed by atoms with van der Waals surface area (Å²) < 4.78 is 0. The van der Waals surface area contributed by atoms with Gasteiger partial charge in [0.15, 0.2) is 0 Å². The Morgan fingerprint density at radius 2 is 2.18 bits per heavy atom. The molecule has 0 bridgehead atoms. The second-order valence-corrected chi connectivity index (χ2v) is 5.05. The highest BCUT2D eigenvalue weighted by molar-refractivity contribution is 7.17. The SMILES string of the molecule is NC(=O)N/N=C\c1ccc(N2CCCCC2)s1. The summed E-state index contributed by atoms with van der Waals surface area (Å²) in [7, 11) is 0. The van der Waals surface area contributed by atoms with Gasteiger partial charge in [-0.25, -0.2) is 10.2 Å². The molecule has 1 aromatic rings. The average Bonchev–Trinajstić information content (AvgIpc) is 2.78. The lowest BCUT2D eigenvalue weighted by Gasteiger charge is -2.27. The number of rotatable bonds is 3. The molecule has 0 aliphatic carbocycles. The third-order valence-corrected chi connectivity index (χ3v) is 3.73. The lowest BCUT2D eigenvalue weighted by molar-refractivity contribution is 0.249. The minimum Gasteiger partial charge on any atom is -0.363 e. The molecular weight excluding hydrogens is 236 g/mol. The molecule has 2 rings (SSSR count). The smallest absolute Gasteiger partial charge is 0.332 e. The Morgan fingerprint density at radius 1 is 1.41 bits per heavy atom. The molecule has 1 aromatic heterocycles. The zero-order valence-corrected chi connectivity index (χ0v) is 10.4. The molecule has 92 valence electrons. The Labute approximate surface area is 104 Å². The van der Waals surface area contributed by atoms with Crippen LogP contribution < -0.4 is 16.1 Å². The quantitative estimate of drug-likeness (QED) is 0.635. The van der Waals surface area contributed by atoms with Crippen LogP contribution in [0.5, 0.6) is 0 Å². The molecule has 2 heterocycles. The van der Waals surface area contributed by atoms with Gasteiger partial charge in [-0.2, -0.15) is 5.10 Å². The number of amides is 2. The number of anilines is 1. The Kier molecular flexibility index (Phi) is 3.98. The van der Waals surface area contributed by atoms with Gasteiger partial charge >= 0.3 is 6.03 Å².